The molecule has 0 heterocycles. The summed E-state index contributed by atoms with van der Waals surface area (Å²) in [5.41, 5.74) is 0. The van der Waals surface area contributed by atoms with Crippen molar-refractivity contribution in [2.75, 3.05) is 36.2 Å². The molecular formula is C43H71N3O15S4. The minimum Gasteiger partial charge on any atom is -0.481 e. The number of ketones is 3. The molecule has 0 aliphatic heterocycles. The topological polar surface area (TPSA) is 294 Å². The fourth-order valence-corrected chi connectivity index (χ4v) is 10.3. The number of unbranched alkanes of at least 4 members (excludes halogenated alkanes) is 2. The van der Waals surface area contributed by atoms with Crippen LogP contribution in [0.2, 0.25) is 0 Å². The Balaban J connectivity index is 0. The number of carbonyl (C=O) groups excluding carboxylic acids is 8. The summed E-state index contributed by atoms with van der Waals surface area (Å²) in [4.78, 5) is 130. The summed E-state index contributed by atoms with van der Waals surface area (Å²) in [6, 6.07) is -2.77. The number of esters is 1. The Labute approximate surface area is 398 Å². The second-order valence-corrected chi connectivity index (χ2v) is 21.9. The molecule has 0 fully saturated rings. The van der Waals surface area contributed by atoms with E-state index >= 15 is 0 Å². The number of Topliss-reactive ketones (excluding diaryl/α,β-unsaturated/α-hetero) is 3. The van der Waals surface area contributed by atoms with E-state index < -0.39 is 103 Å². The highest BCUT2D eigenvalue weighted by molar-refractivity contribution is 8.77. The number of ether oxygens (including phenoxy) is 1. The molecular weight excluding hydrogens is 927 g/mol. The van der Waals surface area contributed by atoms with Gasteiger partial charge in [-0.05, 0) is 37.5 Å². The summed E-state index contributed by atoms with van der Waals surface area (Å²) in [7, 11) is 5.81. The van der Waals surface area contributed by atoms with E-state index in [4.69, 9.17) is 14.3 Å². The summed E-state index contributed by atoms with van der Waals surface area (Å²) in [5.74, 6) is -7.93. The smallest absolute Gasteiger partial charge is 0.373 e. The molecule has 65 heavy (non-hydrogen) atoms. The Morgan fingerprint density at radius 2 is 1.17 bits per heavy atom. The van der Waals surface area contributed by atoms with Gasteiger partial charge in [0.15, 0.2) is 11.6 Å². The van der Waals surface area contributed by atoms with Gasteiger partial charge in [0.25, 0.3) is 0 Å². The van der Waals surface area contributed by atoms with Crippen molar-refractivity contribution in [2.24, 2.45) is 29.6 Å². The molecule has 0 radical (unpaired) electrons. The molecule has 372 valence electrons. The van der Waals surface area contributed by atoms with E-state index in [2.05, 4.69) is 29.8 Å². The third kappa shape index (κ3) is 36.4. The van der Waals surface area contributed by atoms with Gasteiger partial charge in [-0.15, -0.1) is 0 Å². The fraction of sp³-hybridized carbons (Fsp3) is 0.767. The Bertz CT molecular complexity index is 1530. The molecule has 0 spiro atoms. The lowest BCUT2D eigenvalue weighted by Gasteiger charge is -2.24. The van der Waals surface area contributed by atoms with Crippen LogP contribution in [0.5, 0.6) is 0 Å². The maximum Gasteiger partial charge on any atom is 0.373 e. The van der Waals surface area contributed by atoms with Crippen LogP contribution in [0.15, 0.2) is 0 Å². The zero-order chi connectivity index (χ0) is 49.9. The largest absolute Gasteiger partial charge is 0.481 e. The molecule has 0 saturated carbocycles. The monoisotopic (exact) mass is 997 g/mol. The molecule has 2 amide bonds. The second-order valence-electron chi connectivity index (χ2n) is 16.6. The van der Waals surface area contributed by atoms with Crippen LogP contribution in [-0.2, 0) is 57.5 Å². The quantitative estimate of drug-likeness (QED) is 0.0252. The summed E-state index contributed by atoms with van der Waals surface area (Å²) < 4.78 is 5.19. The number of carboxylic acids is 3. The zero-order valence-electron chi connectivity index (χ0n) is 38.7. The van der Waals surface area contributed by atoms with Gasteiger partial charge in [0.05, 0.1) is 43.3 Å². The van der Waals surface area contributed by atoms with Crippen LogP contribution in [0.3, 0.4) is 0 Å². The number of hydrogen-bond acceptors (Lipinski definition) is 17. The normalized spacial score (nSPS) is 13.3. The standard InChI is InChI=1S/C42H71N3O13S4.CO2/c1-26(2)13-16-59-60-17-14-32(46)12-10-8-9-11-30(42(56)57)20-36(48)34(25-62-61-18-15-58-39(53)24-43-28(5)6)45-41(55)31(22-37(49)50)21-35(47)33(23-38(51)52)44-40(54)29(7)19-27(3)4;2-1-3/h26-31,33-34,43H,8-25H2,1-7H3,(H,44,54)(H,45,55)(H,49,50)(H,51,52)(H,56,57);/t29-,30-,31+,33+,34+;/m1./s1. The number of carboxylic acid groups (broad SMARTS) is 3. The summed E-state index contributed by atoms with van der Waals surface area (Å²) in [6.07, 6.45) is 1.54. The van der Waals surface area contributed by atoms with E-state index in [0.29, 0.717) is 50.2 Å². The van der Waals surface area contributed by atoms with Crippen LogP contribution in [-0.4, -0.2) is 129 Å². The number of rotatable bonds is 39. The molecule has 0 saturated heterocycles. The van der Waals surface area contributed by atoms with Crippen molar-refractivity contribution in [3.05, 3.63) is 0 Å². The van der Waals surface area contributed by atoms with Gasteiger partial charge in [0.2, 0.25) is 11.8 Å². The average Bonchev–Trinajstić information content (AvgIpc) is 3.20. The van der Waals surface area contributed by atoms with Gasteiger partial charge >= 0.3 is 30.0 Å². The zero-order valence-corrected chi connectivity index (χ0v) is 42.0. The van der Waals surface area contributed by atoms with Gasteiger partial charge in [0.1, 0.15) is 12.4 Å². The summed E-state index contributed by atoms with van der Waals surface area (Å²) >= 11 is 0. The van der Waals surface area contributed by atoms with Crippen LogP contribution in [0.4, 0.5) is 0 Å². The van der Waals surface area contributed by atoms with E-state index in [-0.39, 0.29) is 49.2 Å². The molecule has 0 aliphatic rings. The molecule has 6 N–H and O–H groups in total. The molecule has 0 unspecified atom stereocenters. The first kappa shape index (κ1) is 63.7. The minimum atomic E-state index is -1.56. The molecule has 5 atom stereocenters. The third-order valence-corrected chi connectivity index (χ3v) is 14.2. The van der Waals surface area contributed by atoms with Gasteiger partial charge in [-0.3, -0.25) is 43.2 Å². The first-order valence-electron chi connectivity index (χ1n) is 21.8. The molecule has 18 nitrogen and oxygen atoms in total. The highest BCUT2D eigenvalue weighted by Crippen LogP contribution is 2.26. The van der Waals surface area contributed by atoms with E-state index in [9.17, 15) is 58.5 Å². The van der Waals surface area contributed by atoms with Crippen LogP contribution >= 0.6 is 43.2 Å². The Hall–Kier alpha value is -3.43. The van der Waals surface area contributed by atoms with Crippen molar-refractivity contribution >= 4 is 102 Å². The predicted molar refractivity (Wildman–Crippen MR) is 252 cm³/mol. The van der Waals surface area contributed by atoms with Crippen molar-refractivity contribution in [2.45, 2.75) is 144 Å². The lowest BCUT2D eigenvalue weighted by atomic mass is 9.91. The van der Waals surface area contributed by atoms with Crippen LogP contribution < -0.4 is 16.0 Å². The Morgan fingerprint density at radius 1 is 0.600 bits per heavy atom. The van der Waals surface area contributed by atoms with E-state index in [1.807, 2.05) is 27.7 Å². The van der Waals surface area contributed by atoms with E-state index in [1.165, 1.54) is 10.8 Å². The molecule has 0 aromatic carbocycles. The predicted octanol–water partition coefficient (Wildman–Crippen LogP) is 5.50. The van der Waals surface area contributed by atoms with Crippen LogP contribution in [0.25, 0.3) is 0 Å². The van der Waals surface area contributed by atoms with Crippen molar-refractivity contribution < 1.29 is 72.8 Å². The molecule has 0 aromatic heterocycles. The SMILES string of the molecule is CC(C)CCSSCCC(=O)CCCCC[C@H](CC(=O)[C@H](CSSCCOC(=O)CNC(C)C)NC(=O)[C@H](CC(=O)O)CC(=O)[C@H](CC(=O)O)NC(=O)[C@H](C)CC(C)C)C(=O)O.O=C=O. The van der Waals surface area contributed by atoms with Gasteiger partial charge in [-0.25, -0.2) is 0 Å². The number of carbonyl (C=O) groups is 9. The maximum absolute atomic E-state index is 13.7. The van der Waals surface area contributed by atoms with Crippen molar-refractivity contribution in [3.8, 4) is 0 Å². The third-order valence-electron chi connectivity index (χ3n) is 9.33. The number of hydrogen-bond donors (Lipinski definition) is 6. The van der Waals surface area contributed by atoms with E-state index in [1.54, 1.807) is 28.5 Å². The summed E-state index contributed by atoms with van der Waals surface area (Å²) in [6.45, 7) is 13.6. The number of nitrogens with one attached hydrogen (secondary N) is 3. The molecule has 0 aromatic rings. The number of amides is 2. The van der Waals surface area contributed by atoms with Crippen molar-refractivity contribution in [1.29, 1.82) is 0 Å². The highest BCUT2D eigenvalue weighted by Gasteiger charge is 2.34. The molecule has 0 aliphatic carbocycles. The highest BCUT2D eigenvalue weighted by atomic mass is 33.1. The lowest BCUT2D eigenvalue weighted by molar-refractivity contribution is -0.192. The van der Waals surface area contributed by atoms with Gasteiger partial charge in [-0.1, -0.05) is 104 Å². The maximum atomic E-state index is 13.7. The summed E-state index contributed by atoms with van der Waals surface area (Å²) in [5, 5.41) is 37.1. The minimum absolute atomic E-state index is 0.0268. The van der Waals surface area contributed by atoms with Crippen LogP contribution in [0, 0.1) is 29.6 Å². The first-order chi connectivity index (χ1) is 30.5. The van der Waals surface area contributed by atoms with Crippen LogP contribution in [0.1, 0.15) is 126 Å². The Morgan fingerprint density at radius 3 is 1.74 bits per heavy atom. The van der Waals surface area contributed by atoms with Crippen molar-refractivity contribution in [3.63, 3.8) is 0 Å². The fourth-order valence-electron chi connectivity index (χ4n) is 5.88. The van der Waals surface area contributed by atoms with Gasteiger partial charge < -0.3 is 36.0 Å². The van der Waals surface area contributed by atoms with Gasteiger partial charge in [-0.2, -0.15) is 9.59 Å². The average molecular weight is 998 g/mol. The second kappa shape index (κ2) is 38.7. The van der Waals surface area contributed by atoms with Crippen molar-refractivity contribution in [1.82, 2.24) is 16.0 Å². The number of aliphatic carboxylic acids is 3. The Kier molecular flexibility index (Phi) is 37.9. The lowest BCUT2D eigenvalue weighted by Crippen LogP contribution is -2.48. The van der Waals surface area contributed by atoms with Gasteiger partial charge in [0, 0.05) is 60.7 Å². The molecule has 0 rings (SSSR count). The van der Waals surface area contributed by atoms with E-state index in [0.717, 1.165) is 28.7 Å². The molecule has 0 bridgehead atoms. The first-order valence-corrected chi connectivity index (χ1v) is 26.7. The molecule has 22 heteroatoms.